The summed E-state index contributed by atoms with van der Waals surface area (Å²) >= 11 is 0. The molecule has 0 aliphatic carbocycles. The molecule has 5 heteroatoms. The number of carbonyl (C=O) groups is 2. The zero-order chi connectivity index (χ0) is 17.4. The molecule has 0 spiro atoms. The van der Waals surface area contributed by atoms with Crippen LogP contribution in [0.25, 0.3) is 0 Å². The summed E-state index contributed by atoms with van der Waals surface area (Å²) in [5.41, 5.74) is 5.36. The molecule has 0 aliphatic heterocycles. The Morgan fingerprint density at radius 1 is 1.08 bits per heavy atom. The van der Waals surface area contributed by atoms with Crippen LogP contribution in [-0.2, 0) is 15.1 Å². The predicted octanol–water partition coefficient (Wildman–Crippen LogP) is 2.57. The van der Waals surface area contributed by atoms with Crippen molar-refractivity contribution in [2.45, 2.75) is 12.0 Å². The number of carbonyl (C=O) groups excluding carboxylic acids is 2. The smallest absolute Gasteiger partial charge is 0.332 e. The molecule has 0 fully saturated rings. The Morgan fingerprint density at radius 2 is 1.67 bits per heavy atom. The molecule has 0 bridgehead atoms. The van der Waals surface area contributed by atoms with Gasteiger partial charge in [-0.2, -0.15) is 0 Å². The van der Waals surface area contributed by atoms with Crippen molar-refractivity contribution in [3.63, 3.8) is 0 Å². The molecule has 0 heterocycles. The number of hydrogen-bond acceptors (Lipinski definition) is 4. The van der Waals surface area contributed by atoms with Crippen LogP contribution < -0.4 is 10.9 Å². The standard InChI is InChI=1S/C19H20N2O3/c1-3-14-19(18(23)24-2,16-12-8-5-9-13-16)21-20-17(22)15-10-6-4-7-11-15/h3-13,21H,1,14H2,2H3,(H,20,22)/t19-/m0/s1. The lowest BCUT2D eigenvalue weighted by atomic mass is 9.87. The minimum absolute atomic E-state index is 0.249. The molecule has 2 aromatic rings. The van der Waals surface area contributed by atoms with Crippen LogP contribution in [0.2, 0.25) is 0 Å². The highest BCUT2D eigenvalue weighted by Crippen LogP contribution is 2.26. The first-order valence-corrected chi connectivity index (χ1v) is 7.51. The van der Waals surface area contributed by atoms with Crippen LogP contribution in [-0.4, -0.2) is 19.0 Å². The second-order valence-electron chi connectivity index (χ2n) is 5.20. The summed E-state index contributed by atoms with van der Waals surface area (Å²) in [5, 5.41) is 0. The molecular weight excluding hydrogens is 304 g/mol. The van der Waals surface area contributed by atoms with Crippen molar-refractivity contribution in [3.05, 3.63) is 84.4 Å². The summed E-state index contributed by atoms with van der Waals surface area (Å²) < 4.78 is 4.96. The van der Waals surface area contributed by atoms with Gasteiger partial charge in [0.1, 0.15) is 0 Å². The number of methoxy groups -OCH3 is 1. The normalized spacial score (nSPS) is 12.7. The summed E-state index contributed by atoms with van der Waals surface area (Å²) in [6.07, 6.45) is 1.85. The maximum absolute atomic E-state index is 12.5. The molecule has 1 amide bonds. The molecule has 2 aromatic carbocycles. The summed E-state index contributed by atoms with van der Waals surface area (Å²) in [4.78, 5) is 24.8. The Hall–Kier alpha value is -2.92. The maximum Gasteiger partial charge on any atom is 0.332 e. The lowest BCUT2D eigenvalue weighted by molar-refractivity contribution is -0.149. The Labute approximate surface area is 141 Å². The molecule has 24 heavy (non-hydrogen) atoms. The molecule has 0 unspecified atom stereocenters. The third-order valence-electron chi connectivity index (χ3n) is 3.68. The van der Waals surface area contributed by atoms with Crippen LogP contribution in [0.5, 0.6) is 0 Å². The molecule has 2 rings (SSSR count). The summed E-state index contributed by atoms with van der Waals surface area (Å²) in [6, 6.07) is 17.8. The predicted molar refractivity (Wildman–Crippen MR) is 92.0 cm³/mol. The SMILES string of the molecule is C=CC[C@@](NNC(=O)c1ccccc1)(C(=O)OC)c1ccccc1. The topological polar surface area (TPSA) is 67.4 Å². The number of amides is 1. The van der Waals surface area contributed by atoms with Crippen LogP contribution in [0.15, 0.2) is 73.3 Å². The van der Waals surface area contributed by atoms with E-state index in [4.69, 9.17) is 4.74 Å². The van der Waals surface area contributed by atoms with Crippen LogP contribution in [0.1, 0.15) is 22.3 Å². The van der Waals surface area contributed by atoms with E-state index in [1.807, 2.05) is 24.3 Å². The largest absolute Gasteiger partial charge is 0.467 e. The van der Waals surface area contributed by atoms with Gasteiger partial charge in [-0.15, -0.1) is 6.58 Å². The second kappa shape index (κ2) is 8.08. The molecule has 0 radical (unpaired) electrons. The van der Waals surface area contributed by atoms with Gasteiger partial charge in [0.25, 0.3) is 5.91 Å². The number of rotatable bonds is 7. The fourth-order valence-corrected chi connectivity index (χ4v) is 2.43. The van der Waals surface area contributed by atoms with E-state index in [0.717, 1.165) is 0 Å². The van der Waals surface area contributed by atoms with Gasteiger partial charge in [-0.1, -0.05) is 54.6 Å². The Kier molecular flexibility index (Phi) is 5.87. The van der Waals surface area contributed by atoms with Crippen LogP contribution in [0, 0.1) is 0 Å². The van der Waals surface area contributed by atoms with Crippen LogP contribution >= 0.6 is 0 Å². The van der Waals surface area contributed by atoms with Crippen molar-refractivity contribution >= 4 is 11.9 Å². The maximum atomic E-state index is 12.5. The number of hydrogen-bond donors (Lipinski definition) is 2. The quantitative estimate of drug-likeness (QED) is 0.467. The van der Waals surface area contributed by atoms with Gasteiger partial charge < -0.3 is 4.74 Å². The summed E-state index contributed by atoms with van der Waals surface area (Å²) in [6.45, 7) is 3.71. The third kappa shape index (κ3) is 3.70. The van der Waals surface area contributed by atoms with Crippen molar-refractivity contribution in [1.82, 2.24) is 10.9 Å². The minimum atomic E-state index is -1.25. The van der Waals surface area contributed by atoms with Crippen molar-refractivity contribution in [2.75, 3.05) is 7.11 Å². The molecule has 0 aliphatic rings. The highest BCUT2D eigenvalue weighted by atomic mass is 16.5. The average molecular weight is 324 g/mol. The van der Waals surface area contributed by atoms with E-state index >= 15 is 0 Å². The van der Waals surface area contributed by atoms with Gasteiger partial charge in [0.15, 0.2) is 5.54 Å². The molecule has 2 N–H and O–H groups in total. The van der Waals surface area contributed by atoms with Crippen molar-refractivity contribution < 1.29 is 14.3 Å². The molecule has 0 saturated carbocycles. The second-order valence-corrected chi connectivity index (χ2v) is 5.20. The van der Waals surface area contributed by atoms with Crippen molar-refractivity contribution in [3.8, 4) is 0 Å². The molecule has 0 aromatic heterocycles. The molecular formula is C19H20N2O3. The van der Waals surface area contributed by atoms with E-state index in [0.29, 0.717) is 11.1 Å². The summed E-state index contributed by atoms with van der Waals surface area (Å²) in [5.74, 6) is -0.856. The zero-order valence-electron chi connectivity index (χ0n) is 13.5. The first-order chi connectivity index (χ1) is 11.6. The van der Waals surface area contributed by atoms with Gasteiger partial charge >= 0.3 is 5.97 Å². The van der Waals surface area contributed by atoms with Gasteiger partial charge in [0, 0.05) is 5.56 Å². The Morgan fingerprint density at radius 3 is 2.21 bits per heavy atom. The van der Waals surface area contributed by atoms with E-state index < -0.39 is 11.5 Å². The van der Waals surface area contributed by atoms with E-state index in [9.17, 15) is 9.59 Å². The highest BCUT2D eigenvalue weighted by Gasteiger charge is 2.40. The van der Waals surface area contributed by atoms with Crippen LogP contribution in [0.3, 0.4) is 0 Å². The van der Waals surface area contributed by atoms with E-state index in [1.54, 1.807) is 42.5 Å². The summed E-state index contributed by atoms with van der Waals surface area (Å²) in [7, 11) is 1.31. The average Bonchev–Trinajstić information content (AvgIpc) is 2.65. The lowest BCUT2D eigenvalue weighted by Crippen LogP contribution is -2.57. The van der Waals surface area contributed by atoms with Gasteiger partial charge in [0.2, 0.25) is 0 Å². The third-order valence-corrected chi connectivity index (χ3v) is 3.68. The molecule has 1 atom stereocenters. The van der Waals surface area contributed by atoms with Crippen molar-refractivity contribution in [1.29, 1.82) is 0 Å². The molecule has 5 nitrogen and oxygen atoms in total. The molecule has 0 saturated heterocycles. The van der Waals surface area contributed by atoms with Crippen LogP contribution in [0.4, 0.5) is 0 Å². The van der Waals surface area contributed by atoms with Gasteiger partial charge in [0.05, 0.1) is 7.11 Å². The van der Waals surface area contributed by atoms with E-state index in [1.165, 1.54) is 7.11 Å². The van der Waals surface area contributed by atoms with Crippen molar-refractivity contribution in [2.24, 2.45) is 0 Å². The number of ether oxygens (including phenoxy) is 1. The van der Waals surface area contributed by atoms with Gasteiger partial charge in [-0.25, -0.2) is 10.2 Å². The number of hydrazine groups is 1. The number of benzene rings is 2. The van der Waals surface area contributed by atoms with Gasteiger partial charge in [-0.3, -0.25) is 10.2 Å². The number of nitrogens with one attached hydrogen (secondary N) is 2. The van der Waals surface area contributed by atoms with Gasteiger partial charge in [-0.05, 0) is 24.1 Å². The number of esters is 1. The Balaban J connectivity index is 2.30. The molecule has 124 valence electrons. The minimum Gasteiger partial charge on any atom is -0.467 e. The lowest BCUT2D eigenvalue weighted by Gasteiger charge is -2.31. The monoisotopic (exact) mass is 324 g/mol. The van der Waals surface area contributed by atoms with E-state index in [2.05, 4.69) is 17.4 Å². The highest BCUT2D eigenvalue weighted by molar-refractivity contribution is 5.94. The first-order valence-electron chi connectivity index (χ1n) is 7.51. The Bertz CT molecular complexity index is 701. The first kappa shape index (κ1) is 17.4. The van der Waals surface area contributed by atoms with E-state index in [-0.39, 0.29) is 12.3 Å². The fraction of sp³-hybridized carbons (Fsp3) is 0.158. The zero-order valence-corrected chi connectivity index (χ0v) is 13.5. The fourth-order valence-electron chi connectivity index (χ4n) is 2.43.